The zero-order chi connectivity index (χ0) is 21.7. The molecule has 0 saturated heterocycles. The average molecular weight is 447 g/mol. The molecule has 1 atom stereocenters. The van der Waals surface area contributed by atoms with Gasteiger partial charge in [0.25, 0.3) is 11.8 Å². The van der Waals surface area contributed by atoms with Gasteiger partial charge in [-0.2, -0.15) is 0 Å². The van der Waals surface area contributed by atoms with Gasteiger partial charge in [-0.15, -0.1) is 11.3 Å². The van der Waals surface area contributed by atoms with Gasteiger partial charge in [-0.25, -0.2) is 0 Å². The molecule has 3 rings (SSSR count). The number of esters is 1. The van der Waals surface area contributed by atoms with E-state index in [4.69, 9.17) is 20.8 Å². The molecule has 7 nitrogen and oxygen atoms in total. The van der Waals surface area contributed by atoms with Crippen LogP contribution in [-0.2, 0) is 9.53 Å². The lowest BCUT2D eigenvalue weighted by Crippen LogP contribution is -2.30. The minimum atomic E-state index is -0.593. The molecule has 0 saturated carbocycles. The summed E-state index contributed by atoms with van der Waals surface area (Å²) < 4.78 is 9.82. The largest absolute Gasteiger partial charge is 0.469 e. The number of hydrogen-bond acceptors (Lipinski definition) is 6. The number of methoxy groups -OCH3 is 1. The highest BCUT2D eigenvalue weighted by molar-refractivity contribution is 7.18. The Kier molecular flexibility index (Phi) is 6.91. The number of amides is 2. The van der Waals surface area contributed by atoms with Crippen LogP contribution in [0.2, 0.25) is 5.02 Å². The van der Waals surface area contributed by atoms with Gasteiger partial charge in [0.15, 0.2) is 5.76 Å². The fourth-order valence-electron chi connectivity index (χ4n) is 2.77. The van der Waals surface area contributed by atoms with Gasteiger partial charge in [-0.3, -0.25) is 14.4 Å². The Morgan fingerprint density at radius 1 is 1.17 bits per heavy atom. The number of anilines is 1. The third-order valence-corrected chi connectivity index (χ3v) is 5.69. The highest BCUT2D eigenvalue weighted by Crippen LogP contribution is 2.28. The molecule has 0 aliphatic rings. The number of hydrogen-bond donors (Lipinski definition) is 2. The number of rotatable bonds is 7. The van der Waals surface area contributed by atoms with Crippen LogP contribution in [-0.4, -0.2) is 24.9 Å². The van der Waals surface area contributed by atoms with Gasteiger partial charge in [0, 0.05) is 5.02 Å². The molecule has 1 aromatic carbocycles. The summed E-state index contributed by atoms with van der Waals surface area (Å²) in [7, 11) is 1.29. The van der Waals surface area contributed by atoms with Crippen LogP contribution in [0.25, 0.3) is 0 Å². The summed E-state index contributed by atoms with van der Waals surface area (Å²) in [5.41, 5.74) is 1.42. The Morgan fingerprint density at radius 2 is 1.90 bits per heavy atom. The summed E-state index contributed by atoms with van der Waals surface area (Å²) in [6.45, 7) is 1.77. The Hall–Kier alpha value is -3.10. The number of benzene rings is 1. The number of halogens is 1. The molecule has 0 aliphatic heterocycles. The fraction of sp³-hybridized carbons (Fsp3) is 0.190. The second kappa shape index (κ2) is 9.60. The van der Waals surface area contributed by atoms with Crippen molar-refractivity contribution in [1.29, 1.82) is 0 Å². The Bertz CT molecular complexity index is 1040. The molecule has 2 amide bonds. The summed E-state index contributed by atoms with van der Waals surface area (Å²) in [6, 6.07) is 11.1. The smallest absolute Gasteiger partial charge is 0.307 e. The Morgan fingerprint density at radius 3 is 2.53 bits per heavy atom. The molecule has 0 spiro atoms. The molecule has 156 valence electrons. The number of ether oxygens (including phenoxy) is 1. The molecule has 1 unspecified atom stereocenters. The first-order valence-electron chi connectivity index (χ1n) is 8.96. The minimum Gasteiger partial charge on any atom is -0.469 e. The van der Waals surface area contributed by atoms with Gasteiger partial charge in [0.05, 0.1) is 35.7 Å². The van der Waals surface area contributed by atoms with E-state index in [0.29, 0.717) is 20.5 Å². The van der Waals surface area contributed by atoms with Crippen molar-refractivity contribution in [3.05, 3.63) is 75.5 Å². The second-order valence-electron chi connectivity index (χ2n) is 6.41. The first-order valence-corrected chi connectivity index (χ1v) is 10.1. The molecule has 3 aromatic rings. The van der Waals surface area contributed by atoms with Crippen LogP contribution in [0.15, 0.2) is 53.1 Å². The number of nitrogens with one attached hydrogen (secondary N) is 2. The van der Waals surface area contributed by atoms with Crippen LogP contribution in [0.5, 0.6) is 0 Å². The zero-order valence-electron chi connectivity index (χ0n) is 16.2. The number of furan rings is 1. The summed E-state index contributed by atoms with van der Waals surface area (Å²) >= 11 is 7.07. The normalized spacial score (nSPS) is 11.6. The lowest BCUT2D eigenvalue weighted by molar-refractivity contribution is -0.141. The standard InChI is InChI=1S/C21H19ClN2O5S/c1-12-10-17(24-20(26)16-4-3-9-29-16)30-19(12)21(27)23-15(11-18(25)28-2)13-5-7-14(22)8-6-13/h3-10,15H,11H2,1-2H3,(H,23,27)(H,24,26). The molecule has 0 radical (unpaired) electrons. The molecular weight excluding hydrogens is 428 g/mol. The Labute approximate surface area is 182 Å². The van der Waals surface area contributed by atoms with Crippen molar-refractivity contribution < 1.29 is 23.5 Å². The average Bonchev–Trinajstić information content (AvgIpc) is 3.38. The maximum atomic E-state index is 12.9. The predicted octanol–water partition coefficient (Wildman–Crippen LogP) is 4.59. The van der Waals surface area contributed by atoms with Crippen LogP contribution in [0.3, 0.4) is 0 Å². The van der Waals surface area contributed by atoms with E-state index < -0.39 is 17.9 Å². The van der Waals surface area contributed by atoms with Crippen LogP contribution in [0.1, 0.15) is 43.8 Å². The summed E-state index contributed by atoms with van der Waals surface area (Å²) in [5, 5.41) is 6.63. The van der Waals surface area contributed by atoms with E-state index in [-0.39, 0.29) is 18.1 Å². The molecule has 0 aliphatic carbocycles. The van der Waals surface area contributed by atoms with Crippen molar-refractivity contribution in [2.24, 2.45) is 0 Å². The van der Waals surface area contributed by atoms with Crippen LogP contribution in [0, 0.1) is 6.92 Å². The predicted molar refractivity (Wildman–Crippen MR) is 114 cm³/mol. The number of carbonyl (C=O) groups excluding carboxylic acids is 3. The maximum Gasteiger partial charge on any atom is 0.307 e. The number of thiophene rings is 1. The van der Waals surface area contributed by atoms with Gasteiger partial charge < -0.3 is 19.8 Å². The monoisotopic (exact) mass is 446 g/mol. The van der Waals surface area contributed by atoms with E-state index in [2.05, 4.69) is 10.6 Å². The molecule has 2 heterocycles. The van der Waals surface area contributed by atoms with E-state index in [0.717, 1.165) is 16.9 Å². The van der Waals surface area contributed by atoms with Crippen molar-refractivity contribution in [3.63, 3.8) is 0 Å². The van der Waals surface area contributed by atoms with Crippen molar-refractivity contribution in [3.8, 4) is 0 Å². The molecule has 2 aromatic heterocycles. The number of aryl methyl sites for hydroxylation is 1. The highest BCUT2D eigenvalue weighted by Gasteiger charge is 2.22. The van der Waals surface area contributed by atoms with E-state index >= 15 is 0 Å². The van der Waals surface area contributed by atoms with Gasteiger partial charge in [-0.1, -0.05) is 23.7 Å². The van der Waals surface area contributed by atoms with Gasteiger partial charge in [-0.05, 0) is 48.4 Å². The summed E-state index contributed by atoms with van der Waals surface area (Å²) in [4.78, 5) is 37.3. The fourth-order valence-corrected chi connectivity index (χ4v) is 3.87. The number of carbonyl (C=O) groups is 3. The quantitative estimate of drug-likeness (QED) is 0.517. The van der Waals surface area contributed by atoms with Crippen molar-refractivity contribution in [2.45, 2.75) is 19.4 Å². The summed E-state index contributed by atoms with van der Waals surface area (Å²) in [6.07, 6.45) is 1.38. The summed E-state index contributed by atoms with van der Waals surface area (Å²) in [5.74, 6) is -1.05. The molecule has 30 heavy (non-hydrogen) atoms. The third-order valence-electron chi connectivity index (χ3n) is 4.28. The SMILES string of the molecule is COC(=O)CC(NC(=O)c1sc(NC(=O)c2ccco2)cc1C)c1ccc(Cl)cc1. The van der Waals surface area contributed by atoms with Crippen molar-refractivity contribution in [2.75, 3.05) is 12.4 Å². The van der Waals surface area contributed by atoms with Crippen LogP contribution < -0.4 is 10.6 Å². The lowest BCUT2D eigenvalue weighted by atomic mass is 10.0. The molecular formula is C21H19ClN2O5S. The van der Waals surface area contributed by atoms with Crippen molar-refractivity contribution in [1.82, 2.24) is 5.32 Å². The van der Waals surface area contributed by atoms with E-state index in [1.54, 1.807) is 49.4 Å². The van der Waals surface area contributed by atoms with E-state index in [1.165, 1.54) is 13.4 Å². The molecule has 9 heteroatoms. The highest BCUT2D eigenvalue weighted by atomic mass is 35.5. The van der Waals surface area contributed by atoms with Gasteiger partial charge in [0.1, 0.15) is 0 Å². The van der Waals surface area contributed by atoms with E-state index in [1.807, 2.05) is 0 Å². The van der Waals surface area contributed by atoms with Crippen LogP contribution >= 0.6 is 22.9 Å². The van der Waals surface area contributed by atoms with Crippen molar-refractivity contribution >= 4 is 45.7 Å². The van der Waals surface area contributed by atoms with Crippen LogP contribution in [0.4, 0.5) is 5.00 Å². The van der Waals surface area contributed by atoms with Gasteiger partial charge in [0.2, 0.25) is 0 Å². The first kappa shape index (κ1) is 21.6. The lowest BCUT2D eigenvalue weighted by Gasteiger charge is -2.18. The maximum absolute atomic E-state index is 12.9. The topological polar surface area (TPSA) is 97.6 Å². The first-order chi connectivity index (χ1) is 14.4. The molecule has 0 fully saturated rings. The second-order valence-corrected chi connectivity index (χ2v) is 7.90. The third kappa shape index (κ3) is 5.28. The minimum absolute atomic E-state index is 0.0314. The van der Waals surface area contributed by atoms with Gasteiger partial charge >= 0.3 is 5.97 Å². The van der Waals surface area contributed by atoms with E-state index in [9.17, 15) is 14.4 Å². The molecule has 0 bridgehead atoms. The zero-order valence-corrected chi connectivity index (χ0v) is 17.8. The molecule has 2 N–H and O–H groups in total. The Balaban J connectivity index is 1.76.